The van der Waals surface area contributed by atoms with Crippen LogP contribution in [0.5, 0.6) is 17.2 Å². The summed E-state index contributed by atoms with van der Waals surface area (Å²) >= 11 is 0. The predicted octanol–water partition coefficient (Wildman–Crippen LogP) is -2.65. The quantitative estimate of drug-likeness (QED) is 0.175. The van der Waals surface area contributed by atoms with Crippen LogP contribution in [-0.2, 0) is 14.2 Å². The zero-order valence-corrected chi connectivity index (χ0v) is 19.3. The van der Waals surface area contributed by atoms with Crippen molar-refractivity contribution in [1.29, 1.82) is 0 Å². The van der Waals surface area contributed by atoms with E-state index in [1.54, 1.807) is 18.2 Å². The van der Waals surface area contributed by atoms with Gasteiger partial charge in [0.2, 0.25) is 12.0 Å². The average molecular weight is 504 g/mol. The Morgan fingerprint density at radius 3 is 2.20 bits per heavy atom. The fraction of sp³-hybridized carbons (Fsp3) is 0.636. The number of rotatable bonds is 10. The van der Waals surface area contributed by atoms with Gasteiger partial charge >= 0.3 is 0 Å². The molecule has 0 spiro atoms. The summed E-state index contributed by atoms with van der Waals surface area (Å²) in [5.41, 5.74) is -1.27. The molecule has 2 aliphatic rings. The molecular formula is C22H32O13. The van der Waals surface area contributed by atoms with Crippen molar-refractivity contribution < 1.29 is 64.2 Å². The van der Waals surface area contributed by atoms with Crippen LogP contribution in [0.4, 0.5) is 0 Å². The maximum Gasteiger partial charge on any atom is 0.229 e. The van der Waals surface area contributed by atoms with Crippen LogP contribution >= 0.6 is 0 Å². The van der Waals surface area contributed by atoms with Gasteiger partial charge in [-0.2, -0.15) is 0 Å². The molecule has 0 unspecified atom stereocenters. The minimum atomic E-state index is -1.90. The molecule has 1 aromatic rings. The third-order valence-electron chi connectivity index (χ3n) is 5.81. The molecule has 0 amide bonds. The smallest absolute Gasteiger partial charge is 0.229 e. The van der Waals surface area contributed by atoms with E-state index in [1.807, 2.05) is 0 Å². The summed E-state index contributed by atoms with van der Waals surface area (Å²) in [7, 11) is 2.77. The van der Waals surface area contributed by atoms with Crippen LogP contribution in [0.15, 0.2) is 18.2 Å². The molecule has 7 N–H and O–H groups in total. The zero-order chi connectivity index (χ0) is 25.8. The van der Waals surface area contributed by atoms with Crippen LogP contribution in [0.25, 0.3) is 6.08 Å². The van der Waals surface area contributed by atoms with E-state index in [-0.39, 0.29) is 30.5 Å². The Labute approximate surface area is 201 Å². The summed E-state index contributed by atoms with van der Waals surface area (Å²) in [6.45, 7) is -1.72. The first-order chi connectivity index (χ1) is 16.7. The lowest BCUT2D eigenvalue weighted by Crippen LogP contribution is -2.60. The minimum Gasteiger partial charge on any atom is -0.493 e. The Bertz CT molecular complexity index is 839. The normalized spacial score (nSPS) is 35.4. The van der Waals surface area contributed by atoms with Gasteiger partial charge in [0, 0.05) is 0 Å². The van der Waals surface area contributed by atoms with Crippen molar-refractivity contribution in [2.45, 2.75) is 48.7 Å². The molecule has 2 fully saturated rings. The lowest BCUT2D eigenvalue weighted by Gasteiger charge is -2.40. The lowest BCUT2D eigenvalue weighted by atomic mass is 9.99. The van der Waals surface area contributed by atoms with Gasteiger partial charge < -0.3 is 64.2 Å². The van der Waals surface area contributed by atoms with Crippen LogP contribution < -0.4 is 14.2 Å². The van der Waals surface area contributed by atoms with Crippen molar-refractivity contribution in [2.75, 3.05) is 40.6 Å². The van der Waals surface area contributed by atoms with Crippen molar-refractivity contribution in [3.8, 4) is 17.2 Å². The molecule has 1 aromatic carbocycles. The number of ether oxygens (including phenoxy) is 6. The molecule has 198 valence electrons. The third kappa shape index (κ3) is 5.86. The standard InChI is InChI=1S/C22H32O13/c1-30-12-6-11(4-3-5-23)7-13(31-2)18(12)35-20-17(27)16(26)15(25)14(34-20)8-32-21-19(28)22(29,9-24)10-33-21/h3-4,6-7,14-17,19-21,23-29H,5,8-10H2,1-2H3/t14-,15-,16+,17-,19+,20+,21-,22-/m0/s1. The summed E-state index contributed by atoms with van der Waals surface area (Å²) in [6, 6.07) is 3.18. The molecule has 0 bridgehead atoms. The van der Waals surface area contributed by atoms with Gasteiger partial charge in [-0.05, 0) is 17.7 Å². The molecule has 0 aliphatic carbocycles. The van der Waals surface area contributed by atoms with Gasteiger partial charge in [-0.3, -0.25) is 0 Å². The van der Waals surface area contributed by atoms with E-state index in [9.17, 15) is 30.6 Å². The number of benzene rings is 1. The van der Waals surface area contributed by atoms with Crippen LogP contribution in [0.2, 0.25) is 0 Å². The molecule has 13 heteroatoms. The van der Waals surface area contributed by atoms with Gasteiger partial charge in [-0.15, -0.1) is 0 Å². The first kappa shape index (κ1) is 27.5. The molecule has 0 radical (unpaired) electrons. The molecule has 13 nitrogen and oxygen atoms in total. The number of methoxy groups -OCH3 is 2. The van der Waals surface area contributed by atoms with E-state index < -0.39 is 61.9 Å². The largest absolute Gasteiger partial charge is 0.493 e. The van der Waals surface area contributed by atoms with Gasteiger partial charge in [-0.1, -0.05) is 12.2 Å². The first-order valence-electron chi connectivity index (χ1n) is 10.8. The van der Waals surface area contributed by atoms with E-state index in [0.29, 0.717) is 5.56 Å². The maximum atomic E-state index is 10.5. The Morgan fingerprint density at radius 1 is 1.00 bits per heavy atom. The van der Waals surface area contributed by atoms with E-state index in [4.69, 9.17) is 33.5 Å². The minimum absolute atomic E-state index is 0.0472. The molecule has 2 saturated heterocycles. The van der Waals surface area contributed by atoms with E-state index >= 15 is 0 Å². The monoisotopic (exact) mass is 504 g/mol. The molecule has 0 aromatic heterocycles. The molecule has 3 rings (SSSR count). The summed E-state index contributed by atoms with van der Waals surface area (Å²) in [6.07, 6.45) is -7.42. The molecular weight excluding hydrogens is 472 g/mol. The Balaban J connectivity index is 1.76. The second kappa shape index (κ2) is 11.8. The molecule has 35 heavy (non-hydrogen) atoms. The Kier molecular flexibility index (Phi) is 9.28. The van der Waals surface area contributed by atoms with Crippen molar-refractivity contribution in [3.63, 3.8) is 0 Å². The van der Waals surface area contributed by atoms with E-state index in [2.05, 4.69) is 0 Å². The number of aliphatic hydroxyl groups is 7. The van der Waals surface area contributed by atoms with Gasteiger partial charge in [0.05, 0.1) is 40.6 Å². The highest BCUT2D eigenvalue weighted by atomic mass is 16.7. The number of aliphatic hydroxyl groups excluding tert-OH is 6. The van der Waals surface area contributed by atoms with Gasteiger partial charge in [0.1, 0.15) is 36.1 Å². The van der Waals surface area contributed by atoms with Gasteiger partial charge in [0.25, 0.3) is 0 Å². The van der Waals surface area contributed by atoms with Crippen LogP contribution in [-0.4, -0.2) is 125 Å². The van der Waals surface area contributed by atoms with Crippen molar-refractivity contribution in [1.82, 2.24) is 0 Å². The summed E-state index contributed by atoms with van der Waals surface area (Å²) in [4.78, 5) is 0. The highest BCUT2D eigenvalue weighted by molar-refractivity contribution is 5.62. The van der Waals surface area contributed by atoms with Crippen molar-refractivity contribution >= 4 is 6.08 Å². The van der Waals surface area contributed by atoms with Crippen LogP contribution in [0.1, 0.15) is 5.56 Å². The highest BCUT2D eigenvalue weighted by Crippen LogP contribution is 2.41. The fourth-order valence-electron chi connectivity index (χ4n) is 3.69. The lowest BCUT2D eigenvalue weighted by molar-refractivity contribution is -0.289. The zero-order valence-electron chi connectivity index (χ0n) is 19.3. The van der Waals surface area contributed by atoms with Gasteiger partial charge in [0.15, 0.2) is 17.8 Å². The van der Waals surface area contributed by atoms with Crippen LogP contribution in [0, 0.1) is 0 Å². The summed E-state index contributed by atoms with van der Waals surface area (Å²) in [5, 5.41) is 69.6. The van der Waals surface area contributed by atoms with E-state index in [0.717, 1.165) is 0 Å². The summed E-state index contributed by atoms with van der Waals surface area (Å²) in [5.74, 6) is 0.458. The second-order valence-corrected chi connectivity index (χ2v) is 8.19. The molecule has 2 heterocycles. The Hall–Kier alpha value is -2.04. The fourth-order valence-corrected chi connectivity index (χ4v) is 3.69. The third-order valence-corrected chi connectivity index (χ3v) is 5.81. The Morgan fingerprint density at radius 2 is 1.66 bits per heavy atom. The summed E-state index contributed by atoms with van der Waals surface area (Å²) < 4.78 is 32.7. The second-order valence-electron chi connectivity index (χ2n) is 8.19. The predicted molar refractivity (Wildman–Crippen MR) is 117 cm³/mol. The maximum absolute atomic E-state index is 10.5. The molecule has 2 aliphatic heterocycles. The first-order valence-corrected chi connectivity index (χ1v) is 10.8. The van der Waals surface area contributed by atoms with Crippen molar-refractivity contribution in [3.05, 3.63) is 23.8 Å². The number of hydrogen-bond donors (Lipinski definition) is 7. The number of hydrogen-bond acceptors (Lipinski definition) is 13. The molecule has 0 saturated carbocycles. The van der Waals surface area contributed by atoms with Crippen molar-refractivity contribution in [2.24, 2.45) is 0 Å². The van der Waals surface area contributed by atoms with E-state index in [1.165, 1.54) is 20.3 Å². The SMILES string of the molecule is COc1cc(C=CCO)cc(OC)c1O[C@H]1O[C@@H](CO[C@H]2OC[C@@](O)(CO)[C@@H]2O)[C@H](O)[C@@H](O)[C@@H]1O. The topological polar surface area (TPSA) is 197 Å². The molecule has 8 atom stereocenters. The van der Waals surface area contributed by atoms with Gasteiger partial charge in [-0.25, -0.2) is 0 Å². The van der Waals surface area contributed by atoms with Crippen LogP contribution in [0.3, 0.4) is 0 Å². The highest BCUT2D eigenvalue weighted by Gasteiger charge is 2.50. The average Bonchev–Trinajstić information content (AvgIpc) is 3.16.